The van der Waals surface area contributed by atoms with Crippen molar-refractivity contribution in [3.05, 3.63) is 247 Å². The summed E-state index contributed by atoms with van der Waals surface area (Å²) in [5.41, 5.74) is 21.6. The molecule has 10 aromatic rings. The zero-order chi connectivity index (χ0) is 42.7. The lowest BCUT2D eigenvalue weighted by atomic mass is 9.86. The van der Waals surface area contributed by atoms with Crippen molar-refractivity contribution < 1.29 is 0 Å². The fourth-order valence-electron chi connectivity index (χ4n) is 8.51. The smallest absolute Gasteiger partial charge is 0.0130 e. The molecule has 0 atom stereocenters. The first-order chi connectivity index (χ1) is 30.9. The second-order valence-electron chi connectivity index (χ2n) is 15.7. The highest BCUT2D eigenvalue weighted by molar-refractivity contribution is 14.1. The molecule has 0 saturated carbocycles. The molecular formula is C60H39I3. The predicted molar refractivity (Wildman–Crippen MR) is 294 cm³/mol. The molecule has 0 heterocycles. The van der Waals surface area contributed by atoms with Crippen LogP contribution in [0.5, 0.6) is 0 Å². The fraction of sp³-hybridized carbons (Fsp3) is 0. The van der Waals surface area contributed by atoms with E-state index in [4.69, 9.17) is 0 Å². The van der Waals surface area contributed by atoms with Crippen LogP contribution in [0.25, 0.3) is 100 Å². The molecule has 0 radical (unpaired) electrons. The Bertz CT molecular complexity index is 2820. The van der Waals surface area contributed by atoms with Gasteiger partial charge in [-0.05, 0) is 223 Å². The van der Waals surface area contributed by atoms with Crippen molar-refractivity contribution >= 4 is 67.8 Å². The number of benzene rings is 10. The highest BCUT2D eigenvalue weighted by Gasteiger charge is 2.17. The third-order valence-electron chi connectivity index (χ3n) is 11.8. The van der Waals surface area contributed by atoms with E-state index < -0.39 is 0 Å². The van der Waals surface area contributed by atoms with Crippen LogP contribution in [0.3, 0.4) is 0 Å². The maximum Gasteiger partial charge on any atom is 0.0130 e. The van der Waals surface area contributed by atoms with Crippen LogP contribution >= 0.6 is 67.8 Å². The van der Waals surface area contributed by atoms with Crippen molar-refractivity contribution in [2.75, 3.05) is 0 Å². The Morgan fingerprint density at radius 1 is 0.159 bits per heavy atom. The second kappa shape index (κ2) is 18.6. The van der Waals surface area contributed by atoms with E-state index in [1.54, 1.807) is 0 Å². The van der Waals surface area contributed by atoms with Crippen molar-refractivity contribution in [1.29, 1.82) is 0 Å². The van der Waals surface area contributed by atoms with Crippen molar-refractivity contribution in [3.8, 4) is 100 Å². The minimum absolute atomic E-state index is 1.17. The van der Waals surface area contributed by atoms with Crippen molar-refractivity contribution in [1.82, 2.24) is 0 Å². The third kappa shape index (κ3) is 9.10. The van der Waals surface area contributed by atoms with Crippen LogP contribution in [0.4, 0.5) is 0 Å². The molecule has 10 aromatic carbocycles. The van der Waals surface area contributed by atoms with Gasteiger partial charge in [-0.1, -0.05) is 182 Å². The van der Waals surface area contributed by atoms with Gasteiger partial charge in [0, 0.05) is 10.7 Å². The highest BCUT2D eigenvalue weighted by atomic mass is 127. The van der Waals surface area contributed by atoms with Gasteiger partial charge in [0.25, 0.3) is 0 Å². The van der Waals surface area contributed by atoms with E-state index >= 15 is 0 Å². The lowest BCUT2D eigenvalue weighted by Crippen LogP contribution is -1.92. The zero-order valence-electron chi connectivity index (χ0n) is 34.2. The summed E-state index contributed by atoms with van der Waals surface area (Å²) in [5, 5.41) is 0. The minimum atomic E-state index is 1.17. The van der Waals surface area contributed by atoms with Crippen molar-refractivity contribution in [3.63, 3.8) is 0 Å². The molecule has 3 heteroatoms. The van der Waals surface area contributed by atoms with E-state index in [9.17, 15) is 0 Å². The van der Waals surface area contributed by atoms with E-state index in [0.29, 0.717) is 0 Å². The van der Waals surface area contributed by atoms with E-state index in [1.807, 2.05) is 0 Å². The molecule has 0 aliphatic carbocycles. The normalized spacial score (nSPS) is 11.1. The molecule has 0 aliphatic rings. The largest absolute Gasteiger partial charge is 0.0616 e. The SMILES string of the molecule is Ic1ccc(-c2ccc(-c3ccccc3-c3cc(-c4ccccc4-c4ccc(-c5ccc(I)cc5)cc4)cc(-c4ccccc4-c4ccc(-c5ccc(I)cc5)cc4)c3)cc2)cc1. The summed E-state index contributed by atoms with van der Waals surface area (Å²) in [7, 11) is 0. The molecule has 0 unspecified atom stereocenters. The average molecular weight is 1140 g/mol. The van der Waals surface area contributed by atoms with E-state index in [1.165, 1.54) is 111 Å². The van der Waals surface area contributed by atoms with Gasteiger partial charge in [-0.25, -0.2) is 0 Å². The maximum atomic E-state index is 2.39. The average Bonchev–Trinajstić information content (AvgIpc) is 3.35. The summed E-state index contributed by atoms with van der Waals surface area (Å²) >= 11 is 7.10. The van der Waals surface area contributed by atoms with Crippen LogP contribution in [-0.4, -0.2) is 0 Å². The Labute approximate surface area is 411 Å². The molecule has 0 amide bonds. The van der Waals surface area contributed by atoms with Gasteiger partial charge in [-0.15, -0.1) is 0 Å². The van der Waals surface area contributed by atoms with Gasteiger partial charge in [0.2, 0.25) is 0 Å². The molecule has 0 fully saturated rings. The molecule has 0 N–H and O–H groups in total. The Kier molecular flexibility index (Phi) is 12.2. The van der Waals surface area contributed by atoms with Gasteiger partial charge >= 0.3 is 0 Å². The predicted octanol–water partition coefficient (Wildman–Crippen LogP) is 18.5. The second-order valence-corrected chi connectivity index (χ2v) is 19.4. The first-order valence-corrected chi connectivity index (χ1v) is 24.2. The lowest BCUT2D eigenvalue weighted by molar-refractivity contribution is 1.53. The number of rotatable bonds is 9. The molecule has 300 valence electrons. The highest BCUT2D eigenvalue weighted by Crippen LogP contribution is 2.43. The van der Waals surface area contributed by atoms with Gasteiger partial charge in [-0.2, -0.15) is 0 Å². The summed E-state index contributed by atoms with van der Waals surface area (Å²) in [6, 6.07) is 87.0. The van der Waals surface area contributed by atoms with Gasteiger partial charge in [0.05, 0.1) is 0 Å². The number of halogens is 3. The van der Waals surface area contributed by atoms with Crippen LogP contribution in [0.15, 0.2) is 237 Å². The Morgan fingerprint density at radius 3 is 0.524 bits per heavy atom. The monoisotopic (exact) mass is 1140 g/mol. The summed E-state index contributed by atoms with van der Waals surface area (Å²) in [6.07, 6.45) is 0. The molecule has 0 aromatic heterocycles. The standard InChI is InChI=1S/C60H39I3/c61-52-31-25-43(26-32-52)40-13-19-46(20-14-40)55-7-1-4-10-58(55)49-37-50(59-11-5-2-8-56(59)47-21-15-41(16-22-47)44-27-33-53(62)34-28-44)39-51(38-49)60-12-6-3-9-57(60)48-23-17-42(18-24-48)45-29-35-54(63)36-30-45/h1-39H. The topological polar surface area (TPSA) is 0 Å². The van der Waals surface area contributed by atoms with E-state index in [0.717, 1.165) is 0 Å². The van der Waals surface area contributed by atoms with Crippen molar-refractivity contribution in [2.45, 2.75) is 0 Å². The van der Waals surface area contributed by atoms with Crippen LogP contribution in [0.1, 0.15) is 0 Å². The first kappa shape index (κ1) is 41.4. The minimum Gasteiger partial charge on any atom is -0.0616 e. The molecule has 63 heavy (non-hydrogen) atoms. The van der Waals surface area contributed by atoms with E-state index in [2.05, 4.69) is 304 Å². The Hall–Kier alpha value is -5.61. The van der Waals surface area contributed by atoms with Crippen molar-refractivity contribution in [2.24, 2.45) is 0 Å². The fourth-order valence-corrected chi connectivity index (χ4v) is 9.59. The molecule has 0 spiro atoms. The Morgan fingerprint density at radius 2 is 0.317 bits per heavy atom. The number of hydrogen-bond donors (Lipinski definition) is 0. The summed E-state index contributed by atoms with van der Waals surface area (Å²) < 4.78 is 3.71. The van der Waals surface area contributed by atoms with Gasteiger partial charge in [-0.3, -0.25) is 0 Å². The van der Waals surface area contributed by atoms with Gasteiger partial charge in [0.15, 0.2) is 0 Å². The molecule has 0 aliphatic heterocycles. The third-order valence-corrected chi connectivity index (χ3v) is 13.9. The molecule has 0 saturated heterocycles. The van der Waals surface area contributed by atoms with Crippen LogP contribution in [-0.2, 0) is 0 Å². The molecular weight excluding hydrogens is 1100 g/mol. The first-order valence-electron chi connectivity index (χ1n) is 21.0. The lowest BCUT2D eigenvalue weighted by Gasteiger charge is -2.18. The van der Waals surface area contributed by atoms with Crippen LogP contribution < -0.4 is 0 Å². The van der Waals surface area contributed by atoms with Crippen LogP contribution in [0.2, 0.25) is 0 Å². The van der Waals surface area contributed by atoms with Gasteiger partial charge < -0.3 is 0 Å². The summed E-state index contributed by atoms with van der Waals surface area (Å²) in [4.78, 5) is 0. The molecule has 10 rings (SSSR count). The van der Waals surface area contributed by atoms with Gasteiger partial charge in [0.1, 0.15) is 0 Å². The zero-order valence-corrected chi connectivity index (χ0v) is 40.6. The molecule has 0 bridgehead atoms. The summed E-state index contributed by atoms with van der Waals surface area (Å²) in [5.74, 6) is 0. The maximum absolute atomic E-state index is 2.39. The van der Waals surface area contributed by atoms with Crippen LogP contribution in [0, 0.1) is 10.7 Å². The number of hydrogen-bond acceptors (Lipinski definition) is 0. The summed E-state index contributed by atoms with van der Waals surface area (Å²) in [6.45, 7) is 0. The molecule has 0 nitrogen and oxygen atoms in total. The van der Waals surface area contributed by atoms with E-state index in [-0.39, 0.29) is 0 Å². The Balaban J connectivity index is 1.10. The quantitative estimate of drug-likeness (QED) is 0.126.